The van der Waals surface area contributed by atoms with Crippen LogP contribution in [0.15, 0.2) is 99.7 Å². The van der Waals surface area contributed by atoms with Crippen LogP contribution in [0.4, 0.5) is 11.4 Å². The van der Waals surface area contributed by atoms with Crippen LogP contribution in [-0.2, 0) is 16.1 Å². The molecule has 12 heteroatoms. The van der Waals surface area contributed by atoms with Gasteiger partial charge in [0.15, 0.2) is 5.58 Å². The minimum atomic E-state index is -0.154. The fourth-order valence-electron chi connectivity index (χ4n) is 2.96. The predicted octanol–water partition coefficient (Wildman–Crippen LogP) is 6.25. The summed E-state index contributed by atoms with van der Waals surface area (Å²) in [5.41, 5.74) is 3.39. The lowest BCUT2D eigenvalue weighted by molar-refractivity contribution is -0.117. The zero-order chi connectivity index (χ0) is 29.2. The predicted molar refractivity (Wildman–Crippen MR) is 163 cm³/mol. The van der Waals surface area contributed by atoms with E-state index in [2.05, 4.69) is 31.1 Å². The third-order valence-corrected chi connectivity index (χ3v) is 5.76. The molecule has 0 unspecified atom stereocenters. The molecule has 40 heavy (non-hydrogen) atoms. The first-order chi connectivity index (χ1) is 19.5. The molecule has 0 saturated heterocycles. The Bertz CT molecular complexity index is 1390. The lowest BCUT2D eigenvalue weighted by Gasteiger charge is -2.05. The van der Waals surface area contributed by atoms with Crippen LogP contribution in [0.5, 0.6) is 0 Å². The number of amides is 2. The van der Waals surface area contributed by atoms with Gasteiger partial charge in [-0.1, -0.05) is 85.9 Å². The van der Waals surface area contributed by atoms with Crippen molar-refractivity contribution < 1.29 is 14.0 Å². The SMILES string of the molecule is CC.CC(=O)Nc1ccccc1.CSc1nc2ccccc2o1.CSc1nnnn1CC(=O)Nc1ccccc1. The van der Waals surface area contributed by atoms with Crippen molar-refractivity contribution >= 4 is 57.8 Å². The van der Waals surface area contributed by atoms with Crippen LogP contribution in [0.1, 0.15) is 20.8 Å². The van der Waals surface area contributed by atoms with Gasteiger partial charge in [0.25, 0.3) is 5.22 Å². The lowest BCUT2D eigenvalue weighted by Crippen LogP contribution is -2.20. The molecular weight excluding hydrogens is 546 g/mol. The van der Waals surface area contributed by atoms with Crippen LogP contribution in [0, 0.1) is 0 Å². The molecule has 2 heterocycles. The van der Waals surface area contributed by atoms with Gasteiger partial charge >= 0.3 is 0 Å². The molecule has 0 aliphatic rings. The maximum Gasteiger partial charge on any atom is 0.256 e. The van der Waals surface area contributed by atoms with E-state index in [1.807, 2.05) is 111 Å². The van der Waals surface area contributed by atoms with E-state index in [4.69, 9.17) is 4.42 Å². The number of anilines is 2. The van der Waals surface area contributed by atoms with Gasteiger partial charge in [0.2, 0.25) is 17.0 Å². The Morgan fingerprint density at radius 1 is 0.825 bits per heavy atom. The standard InChI is InChI=1S/C10H11N5OS.C8H7NOS.C8H9NO.C2H6/c1-17-10-12-13-14-15(10)7-9(16)11-8-5-3-2-4-6-8;1-11-8-9-6-4-2-3-5-7(6)10-8;1-7(10)9-8-5-3-2-4-6-8;1-2/h2-6H,7H2,1H3,(H,11,16);2-5H,1H3;2-6H,1H3,(H,9,10);1-2H3. The number of tetrazole rings is 1. The van der Waals surface area contributed by atoms with Crippen molar-refractivity contribution in [1.29, 1.82) is 0 Å². The molecule has 0 bridgehead atoms. The van der Waals surface area contributed by atoms with Gasteiger partial charge in [-0.3, -0.25) is 9.59 Å². The van der Waals surface area contributed by atoms with Crippen molar-refractivity contribution in [1.82, 2.24) is 25.2 Å². The number of hydrogen-bond acceptors (Lipinski definition) is 9. The quantitative estimate of drug-likeness (QED) is 0.224. The van der Waals surface area contributed by atoms with E-state index in [-0.39, 0.29) is 18.4 Å². The van der Waals surface area contributed by atoms with Crippen LogP contribution in [0.25, 0.3) is 11.1 Å². The highest BCUT2D eigenvalue weighted by Gasteiger charge is 2.09. The van der Waals surface area contributed by atoms with Crippen molar-refractivity contribution in [2.75, 3.05) is 23.1 Å². The molecule has 0 atom stereocenters. The van der Waals surface area contributed by atoms with E-state index in [0.29, 0.717) is 5.16 Å². The molecule has 0 radical (unpaired) electrons. The minimum Gasteiger partial charge on any atom is -0.431 e. The minimum absolute atomic E-state index is 0.0359. The Kier molecular flexibility index (Phi) is 14.6. The van der Waals surface area contributed by atoms with Crippen LogP contribution < -0.4 is 10.6 Å². The van der Waals surface area contributed by atoms with Crippen LogP contribution in [0.3, 0.4) is 0 Å². The summed E-state index contributed by atoms with van der Waals surface area (Å²) in [4.78, 5) is 26.4. The summed E-state index contributed by atoms with van der Waals surface area (Å²) < 4.78 is 6.83. The number of hydrogen-bond donors (Lipinski definition) is 2. The van der Waals surface area contributed by atoms with E-state index >= 15 is 0 Å². The van der Waals surface area contributed by atoms with Crippen molar-refractivity contribution in [2.24, 2.45) is 0 Å². The van der Waals surface area contributed by atoms with Crippen LogP contribution >= 0.6 is 23.5 Å². The van der Waals surface area contributed by atoms with Crippen molar-refractivity contribution in [2.45, 2.75) is 37.7 Å². The fraction of sp³-hybridized carbons (Fsp3) is 0.214. The third-order valence-electron chi connectivity index (χ3n) is 4.58. The molecule has 5 aromatic rings. The first-order valence-electron chi connectivity index (χ1n) is 12.4. The average molecular weight is 580 g/mol. The van der Waals surface area contributed by atoms with Crippen molar-refractivity contribution in [3.05, 3.63) is 84.9 Å². The number of aromatic nitrogens is 5. The maximum atomic E-state index is 11.7. The number of benzene rings is 3. The highest BCUT2D eigenvalue weighted by Crippen LogP contribution is 2.20. The Morgan fingerprint density at radius 2 is 1.40 bits per heavy atom. The number of para-hydroxylation sites is 4. The Hall–Kier alpha value is -4.16. The number of carbonyl (C=O) groups is 2. The largest absolute Gasteiger partial charge is 0.431 e. The summed E-state index contributed by atoms with van der Waals surface area (Å²) in [6, 6.07) is 26.4. The van der Waals surface area contributed by atoms with E-state index in [9.17, 15) is 9.59 Å². The van der Waals surface area contributed by atoms with Gasteiger partial charge in [-0.15, -0.1) is 5.10 Å². The molecule has 0 spiro atoms. The average Bonchev–Trinajstić information content (AvgIpc) is 3.62. The Labute approximate surface area is 242 Å². The third kappa shape index (κ3) is 11.3. The lowest BCUT2D eigenvalue weighted by atomic mass is 10.3. The molecule has 0 aliphatic carbocycles. The van der Waals surface area contributed by atoms with Crippen molar-refractivity contribution in [3.8, 4) is 0 Å². The molecule has 0 aliphatic heterocycles. The van der Waals surface area contributed by atoms with Gasteiger partial charge in [0.1, 0.15) is 12.1 Å². The monoisotopic (exact) mass is 579 g/mol. The summed E-state index contributed by atoms with van der Waals surface area (Å²) in [6.07, 6.45) is 3.81. The highest BCUT2D eigenvalue weighted by atomic mass is 32.2. The van der Waals surface area contributed by atoms with Gasteiger partial charge in [-0.05, 0) is 59.3 Å². The molecule has 10 nitrogen and oxygen atoms in total. The second-order valence-corrected chi connectivity index (χ2v) is 8.97. The number of nitrogens with zero attached hydrogens (tertiary/aromatic N) is 5. The van der Waals surface area contributed by atoms with E-state index in [0.717, 1.165) is 27.7 Å². The number of fused-ring (bicyclic) bond motifs is 1. The van der Waals surface area contributed by atoms with Crippen LogP contribution in [0.2, 0.25) is 0 Å². The van der Waals surface area contributed by atoms with E-state index in [1.54, 1.807) is 0 Å². The second kappa shape index (κ2) is 18.2. The molecule has 3 aromatic carbocycles. The summed E-state index contributed by atoms with van der Waals surface area (Å²) in [5.74, 6) is -0.190. The number of oxazole rings is 1. The zero-order valence-electron chi connectivity index (χ0n) is 23.1. The van der Waals surface area contributed by atoms with Gasteiger partial charge < -0.3 is 15.1 Å². The number of carbonyl (C=O) groups excluding carboxylic acids is 2. The smallest absolute Gasteiger partial charge is 0.256 e. The summed E-state index contributed by atoms with van der Waals surface area (Å²) >= 11 is 2.91. The Balaban J connectivity index is 0.000000213. The van der Waals surface area contributed by atoms with Crippen molar-refractivity contribution in [3.63, 3.8) is 0 Å². The fourth-order valence-corrected chi connectivity index (χ4v) is 3.76. The summed E-state index contributed by atoms with van der Waals surface area (Å²) in [5, 5.41) is 17.8. The van der Waals surface area contributed by atoms with Gasteiger partial charge in [-0.2, -0.15) is 0 Å². The van der Waals surface area contributed by atoms with Gasteiger partial charge in [-0.25, -0.2) is 9.67 Å². The molecule has 0 fully saturated rings. The van der Waals surface area contributed by atoms with E-state index in [1.165, 1.54) is 35.1 Å². The molecule has 210 valence electrons. The molecule has 2 amide bonds. The Morgan fingerprint density at radius 3 is 1.95 bits per heavy atom. The molecule has 5 rings (SSSR count). The zero-order valence-corrected chi connectivity index (χ0v) is 24.7. The van der Waals surface area contributed by atoms with E-state index < -0.39 is 0 Å². The summed E-state index contributed by atoms with van der Waals surface area (Å²) in [6.45, 7) is 5.60. The number of nitrogens with one attached hydrogen (secondary N) is 2. The number of rotatable bonds is 6. The molecular formula is C28H33N7O3S2. The number of thioether (sulfide) groups is 2. The first-order valence-corrected chi connectivity index (χ1v) is 14.8. The van der Waals surface area contributed by atoms with Gasteiger partial charge in [0.05, 0.1) is 0 Å². The second-order valence-electron chi connectivity index (χ2n) is 7.44. The topological polar surface area (TPSA) is 128 Å². The molecule has 0 saturated carbocycles. The first kappa shape index (κ1) is 32.1. The maximum absolute atomic E-state index is 11.7. The highest BCUT2D eigenvalue weighted by molar-refractivity contribution is 7.98. The molecule has 2 N–H and O–H groups in total. The van der Waals surface area contributed by atoms with Gasteiger partial charge in [0, 0.05) is 18.3 Å². The summed E-state index contributed by atoms with van der Waals surface area (Å²) in [7, 11) is 0. The molecule has 2 aromatic heterocycles. The normalized spacial score (nSPS) is 9.62. The van der Waals surface area contributed by atoms with Crippen LogP contribution in [-0.4, -0.2) is 49.5 Å².